The molecule has 5 nitrogen and oxygen atoms in total. The lowest BCUT2D eigenvalue weighted by Crippen LogP contribution is -2.40. The molecule has 1 saturated heterocycles. The van der Waals surface area contributed by atoms with Crippen molar-refractivity contribution in [2.75, 3.05) is 39.3 Å². The Bertz CT molecular complexity index is 615. The Morgan fingerprint density at radius 1 is 1.08 bits per heavy atom. The van der Waals surface area contributed by atoms with Crippen molar-refractivity contribution in [2.24, 2.45) is 0 Å². The molecule has 0 unspecified atom stereocenters. The number of fused-ring (bicyclic) bond motifs is 1. The van der Waals surface area contributed by atoms with Crippen LogP contribution >= 0.6 is 0 Å². The highest BCUT2D eigenvalue weighted by Gasteiger charge is 2.25. The van der Waals surface area contributed by atoms with Crippen LogP contribution in [-0.2, 0) is 17.6 Å². The monoisotopic (exact) mass is 329 g/mol. The molecule has 1 N–H and O–H groups in total. The first-order valence-corrected chi connectivity index (χ1v) is 9.08. The number of carbonyl (C=O) groups excluding carboxylic acids is 2. The smallest absolute Gasteiger partial charge is 0.254 e. The molecule has 24 heavy (non-hydrogen) atoms. The van der Waals surface area contributed by atoms with Crippen LogP contribution in [0.5, 0.6) is 0 Å². The van der Waals surface area contributed by atoms with E-state index in [9.17, 15) is 9.59 Å². The molecule has 0 radical (unpaired) electrons. The predicted octanol–water partition coefficient (Wildman–Crippen LogP) is 1.46. The molecule has 2 aliphatic rings. The number of likely N-dealkylation sites (N-methyl/N-ethyl adjacent to an activating group) is 1. The van der Waals surface area contributed by atoms with E-state index in [2.05, 4.69) is 16.3 Å². The number of carbonyl (C=O) groups is 2. The van der Waals surface area contributed by atoms with Crippen LogP contribution in [0.15, 0.2) is 18.2 Å². The van der Waals surface area contributed by atoms with E-state index in [0.717, 1.165) is 50.9 Å². The van der Waals surface area contributed by atoms with E-state index in [1.807, 2.05) is 24.0 Å². The minimum absolute atomic E-state index is 0.0677. The van der Waals surface area contributed by atoms with Crippen LogP contribution < -0.4 is 5.32 Å². The van der Waals surface area contributed by atoms with Gasteiger partial charge in [-0.05, 0) is 49.8 Å². The molecule has 5 heteroatoms. The molecule has 1 fully saturated rings. The zero-order chi connectivity index (χ0) is 16.9. The van der Waals surface area contributed by atoms with Gasteiger partial charge in [0, 0.05) is 38.3 Å². The molecule has 0 saturated carbocycles. The number of amides is 2. The van der Waals surface area contributed by atoms with Gasteiger partial charge in [0.1, 0.15) is 0 Å². The number of rotatable bonds is 4. The summed E-state index contributed by atoms with van der Waals surface area (Å²) in [4.78, 5) is 28.8. The first-order valence-electron chi connectivity index (χ1n) is 9.08. The molecule has 130 valence electrons. The number of nitrogens with one attached hydrogen (secondary N) is 1. The summed E-state index contributed by atoms with van der Waals surface area (Å²) in [6.07, 6.45) is 4.19. The maximum absolute atomic E-state index is 13.0. The van der Waals surface area contributed by atoms with Crippen LogP contribution in [0.2, 0.25) is 0 Å². The van der Waals surface area contributed by atoms with E-state index in [-0.39, 0.29) is 11.8 Å². The van der Waals surface area contributed by atoms with Gasteiger partial charge in [0.15, 0.2) is 0 Å². The Hall–Kier alpha value is -1.88. The summed E-state index contributed by atoms with van der Waals surface area (Å²) >= 11 is 0. The lowest BCUT2D eigenvalue weighted by Gasteiger charge is -2.22. The van der Waals surface area contributed by atoms with Crippen molar-refractivity contribution in [2.45, 2.75) is 32.6 Å². The van der Waals surface area contributed by atoms with E-state index in [1.165, 1.54) is 11.1 Å². The molecule has 1 aromatic carbocycles. The zero-order valence-corrected chi connectivity index (χ0v) is 14.5. The van der Waals surface area contributed by atoms with Crippen molar-refractivity contribution >= 4 is 11.8 Å². The highest BCUT2D eigenvalue weighted by atomic mass is 16.2. The van der Waals surface area contributed by atoms with E-state index in [4.69, 9.17) is 0 Å². The third-order valence-corrected chi connectivity index (χ3v) is 4.99. The van der Waals surface area contributed by atoms with Crippen molar-refractivity contribution in [3.63, 3.8) is 0 Å². The molecule has 1 aliphatic heterocycles. The minimum Gasteiger partial charge on any atom is -0.355 e. The quantitative estimate of drug-likeness (QED) is 0.910. The van der Waals surface area contributed by atoms with Crippen molar-refractivity contribution in [1.82, 2.24) is 15.1 Å². The first kappa shape index (κ1) is 17.0. The standard InChI is InChI=1S/C19H27N3O2/c1-2-20-18(23)14-21-10-5-11-22(13-12-21)19(24)17-9-4-7-15-6-3-8-16(15)17/h4,7,9H,2-3,5-6,8,10-14H2,1H3,(H,20,23). The van der Waals surface area contributed by atoms with Crippen molar-refractivity contribution in [3.05, 3.63) is 34.9 Å². The van der Waals surface area contributed by atoms with Crippen LogP contribution in [0, 0.1) is 0 Å². The van der Waals surface area contributed by atoms with Gasteiger partial charge in [0.25, 0.3) is 5.91 Å². The third kappa shape index (κ3) is 3.78. The number of hydrogen-bond acceptors (Lipinski definition) is 3. The molecular weight excluding hydrogens is 302 g/mol. The van der Waals surface area contributed by atoms with Crippen LogP contribution in [0.3, 0.4) is 0 Å². The highest BCUT2D eigenvalue weighted by molar-refractivity contribution is 5.96. The molecule has 1 aliphatic carbocycles. The van der Waals surface area contributed by atoms with Gasteiger partial charge in [0.05, 0.1) is 6.54 Å². The fourth-order valence-electron chi connectivity index (χ4n) is 3.78. The van der Waals surface area contributed by atoms with Crippen LogP contribution in [0.25, 0.3) is 0 Å². The van der Waals surface area contributed by atoms with Crippen molar-refractivity contribution in [1.29, 1.82) is 0 Å². The summed E-state index contributed by atoms with van der Waals surface area (Å²) in [6.45, 7) is 6.12. The Labute approximate surface area is 144 Å². The van der Waals surface area contributed by atoms with Crippen LogP contribution in [-0.4, -0.2) is 60.9 Å². The minimum atomic E-state index is 0.0677. The Morgan fingerprint density at radius 2 is 1.96 bits per heavy atom. The average Bonchev–Trinajstić information content (AvgIpc) is 2.94. The SMILES string of the molecule is CCNC(=O)CN1CCCN(C(=O)c2cccc3c2CCC3)CC1. The predicted molar refractivity (Wildman–Crippen MR) is 94.1 cm³/mol. The molecular formula is C19H27N3O2. The van der Waals surface area contributed by atoms with Crippen molar-refractivity contribution in [3.8, 4) is 0 Å². The van der Waals surface area contributed by atoms with Gasteiger partial charge in [-0.1, -0.05) is 12.1 Å². The van der Waals surface area contributed by atoms with Gasteiger partial charge < -0.3 is 10.2 Å². The fourth-order valence-corrected chi connectivity index (χ4v) is 3.78. The number of hydrogen-bond donors (Lipinski definition) is 1. The van der Waals surface area contributed by atoms with Gasteiger partial charge in [-0.25, -0.2) is 0 Å². The average molecular weight is 329 g/mol. The van der Waals surface area contributed by atoms with Crippen molar-refractivity contribution < 1.29 is 9.59 Å². The highest BCUT2D eigenvalue weighted by Crippen LogP contribution is 2.26. The third-order valence-electron chi connectivity index (χ3n) is 4.99. The van der Waals surface area contributed by atoms with E-state index >= 15 is 0 Å². The second kappa shape index (κ2) is 7.79. The summed E-state index contributed by atoms with van der Waals surface area (Å²) in [7, 11) is 0. The molecule has 0 spiro atoms. The van der Waals surface area contributed by atoms with Gasteiger partial charge >= 0.3 is 0 Å². The Kier molecular flexibility index (Phi) is 5.51. The number of aryl methyl sites for hydroxylation is 1. The molecule has 0 bridgehead atoms. The number of benzene rings is 1. The van der Waals surface area contributed by atoms with E-state index < -0.39 is 0 Å². The molecule has 0 atom stereocenters. The van der Waals surface area contributed by atoms with Gasteiger partial charge in [-0.2, -0.15) is 0 Å². The topological polar surface area (TPSA) is 52.7 Å². The largest absolute Gasteiger partial charge is 0.355 e. The maximum atomic E-state index is 13.0. The fraction of sp³-hybridized carbons (Fsp3) is 0.579. The molecule has 2 amide bonds. The molecule has 0 aromatic heterocycles. The second-order valence-electron chi connectivity index (χ2n) is 6.67. The summed E-state index contributed by atoms with van der Waals surface area (Å²) in [5, 5.41) is 2.84. The zero-order valence-electron chi connectivity index (χ0n) is 14.5. The lowest BCUT2D eigenvalue weighted by molar-refractivity contribution is -0.122. The molecule has 1 heterocycles. The second-order valence-corrected chi connectivity index (χ2v) is 6.67. The number of nitrogens with zero attached hydrogens (tertiary/aromatic N) is 2. The Morgan fingerprint density at radius 3 is 2.79 bits per heavy atom. The summed E-state index contributed by atoms with van der Waals surface area (Å²) in [6, 6.07) is 6.13. The lowest BCUT2D eigenvalue weighted by atomic mass is 10.0. The van der Waals surface area contributed by atoms with E-state index in [0.29, 0.717) is 19.6 Å². The first-order chi connectivity index (χ1) is 11.7. The van der Waals surface area contributed by atoms with Crippen LogP contribution in [0.4, 0.5) is 0 Å². The van der Waals surface area contributed by atoms with Crippen LogP contribution in [0.1, 0.15) is 41.3 Å². The van der Waals surface area contributed by atoms with E-state index in [1.54, 1.807) is 0 Å². The molecule has 3 rings (SSSR count). The Balaban J connectivity index is 1.63. The maximum Gasteiger partial charge on any atom is 0.254 e. The van der Waals surface area contributed by atoms with Gasteiger partial charge in [-0.3, -0.25) is 14.5 Å². The summed E-state index contributed by atoms with van der Waals surface area (Å²) in [5.41, 5.74) is 3.49. The van der Waals surface area contributed by atoms with Gasteiger partial charge in [0.2, 0.25) is 5.91 Å². The normalized spacial score (nSPS) is 18.1. The summed E-state index contributed by atoms with van der Waals surface area (Å²) < 4.78 is 0. The van der Waals surface area contributed by atoms with Gasteiger partial charge in [-0.15, -0.1) is 0 Å². The molecule has 1 aromatic rings. The summed E-state index contributed by atoms with van der Waals surface area (Å²) in [5.74, 6) is 0.228.